The molecule has 0 radical (unpaired) electrons. The highest BCUT2D eigenvalue weighted by molar-refractivity contribution is 7.89. The molecule has 0 bridgehead atoms. The van der Waals surface area contributed by atoms with Gasteiger partial charge in [0, 0.05) is 19.0 Å². The van der Waals surface area contributed by atoms with Gasteiger partial charge in [-0.3, -0.25) is 0 Å². The van der Waals surface area contributed by atoms with Gasteiger partial charge in [0.1, 0.15) is 0 Å². The summed E-state index contributed by atoms with van der Waals surface area (Å²) < 4.78 is 46.3. The van der Waals surface area contributed by atoms with Crippen LogP contribution in [0.3, 0.4) is 0 Å². The van der Waals surface area contributed by atoms with Crippen LogP contribution in [0, 0.1) is 18.7 Å². The second-order valence-corrected chi connectivity index (χ2v) is 8.36. The summed E-state index contributed by atoms with van der Waals surface area (Å²) in [7, 11) is -3.50. The van der Waals surface area contributed by atoms with Gasteiger partial charge in [0.25, 0.3) is 0 Å². The molecular weight excluding hydrogens is 341 g/mol. The largest absolute Gasteiger partial charge is 0.490 e. The summed E-state index contributed by atoms with van der Waals surface area (Å²) >= 11 is 0. The number of ether oxygens (including phenoxy) is 1. The molecule has 1 fully saturated rings. The van der Waals surface area contributed by atoms with E-state index >= 15 is 0 Å². The summed E-state index contributed by atoms with van der Waals surface area (Å²) in [5.41, 5.74) is 1.02. The molecule has 4 nitrogen and oxygen atoms in total. The lowest BCUT2D eigenvalue weighted by Crippen LogP contribution is -2.41. The monoisotopic (exact) mass is 363 g/mol. The molecule has 0 spiro atoms. The zero-order valence-corrected chi connectivity index (χ0v) is 15.0. The Bertz CT molecular complexity index is 821. The molecule has 0 aromatic heterocycles. The quantitative estimate of drug-likeness (QED) is 0.815. The van der Waals surface area contributed by atoms with Gasteiger partial charge >= 0.3 is 0 Å². The maximum Gasteiger partial charge on any atom is 0.243 e. The Balaban J connectivity index is 1.66. The lowest BCUT2D eigenvalue weighted by atomic mass is 10.0. The Morgan fingerprint density at radius 3 is 2.60 bits per heavy atom. The molecule has 1 heterocycles. The zero-order valence-electron chi connectivity index (χ0n) is 14.2. The third-order valence-electron chi connectivity index (χ3n) is 4.45. The van der Waals surface area contributed by atoms with Crippen molar-refractivity contribution >= 4 is 10.0 Å². The van der Waals surface area contributed by atoms with Gasteiger partial charge in [0.05, 0.1) is 11.5 Å². The van der Waals surface area contributed by atoms with Crippen molar-refractivity contribution in [3.8, 4) is 5.75 Å². The third kappa shape index (κ3) is 4.19. The number of nitrogens with zero attached hydrogens (tertiary/aromatic N) is 1. The molecule has 0 N–H and O–H groups in total. The van der Waals surface area contributed by atoms with Crippen LogP contribution >= 0.6 is 0 Å². The van der Waals surface area contributed by atoms with E-state index in [-0.39, 0.29) is 11.7 Å². The van der Waals surface area contributed by atoms with Crippen LogP contribution < -0.4 is 4.74 Å². The van der Waals surface area contributed by atoms with Gasteiger partial charge in [0.15, 0.2) is 11.6 Å². The van der Waals surface area contributed by atoms with Crippen LogP contribution in [0.2, 0.25) is 0 Å². The Labute approximate surface area is 148 Å². The number of rotatable bonds is 5. The minimum absolute atomic E-state index is 0.0496. The highest BCUT2D eigenvalue weighted by atomic mass is 32.2. The normalized spacial score (nSPS) is 18.9. The van der Waals surface area contributed by atoms with Gasteiger partial charge in [-0.05, 0) is 44.0 Å². The highest BCUT2D eigenvalue weighted by Gasteiger charge is 2.30. The van der Waals surface area contributed by atoms with Crippen molar-refractivity contribution in [3.63, 3.8) is 0 Å². The number of halogens is 1. The van der Waals surface area contributed by atoms with Crippen LogP contribution in [0.1, 0.15) is 18.4 Å². The van der Waals surface area contributed by atoms with E-state index < -0.39 is 15.8 Å². The second kappa shape index (κ2) is 7.54. The van der Waals surface area contributed by atoms with Crippen molar-refractivity contribution in [2.75, 3.05) is 19.7 Å². The van der Waals surface area contributed by atoms with Gasteiger partial charge in [-0.25, -0.2) is 12.8 Å². The lowest BCUT2D eigenvalue weighted by Gasteiger charge is -2.31. The predicted octanol–water partition coefficient (Wildman–Crippen LogP) is 3.61. The summed E-state index contributed by atoms with van der Waals surface area (Å²) in [6, 6.07) is 13.1. The second-order valence-electron chi connectivity index (χ2n) is 6.43. The molecule has 2 aromatic rings. The molecule has 3 rings (SSSR count). The number of hydrogen-bond donors (Lipinski definition) is 0. The van der Waals surface area contributed by atoms with Gasteiger partial charge in [0.2, 0.25) is 10.0 Å². The van der Waals surface area contributed by atoms with E-state index in [0.29, 0.717) is 24.6 Å². The van der Waals surface area contributed by atoms with E-state index in [4.69, 9.17) is 4.74 Å². The molecule has 1 atom stereocenters. The van der Waals surface area contributed by atoms with Crippen molar-refractivity contribution in [1.82, 2.24) is 4.31 Å². The average molecular weight is 363 g/mol. The maximum atomic E-state index is 13.6. The number of hydrogen-bond acceptors (Lipinski definition) is 3. The van der Waals surface area contributed by atoms with Gasteiger partial charge in [-0.2, -0.15) is 4.31 Å². The molecule has 6 heteroatoms. The first-order valence-corrected chi connectivity index (χ1v) is 9.85. The van der Waals surface area contributed by atoms with Crippen molar-refractivity contribution in [2.45, 2.75) is 24.7 Å². The first kappa shape index (κ1) is 17.9. The molecule has 0 amide bonds. The molecule has 1 unspecified atom stereocenters. The number of aryl methyl sites for hydroxylation is 1. The first-order valence-electron chi connectivity index (χ1n) is 8.41. The van der Waals surface area contributed by atoms with Gasteiger partial charge < -0.3 is 4.74 Å². The van der Waals surface area contributed by atoms with Crippen LogP contribution in [0.5, 0.6) is 5.75 Å². The summed E-state index contributed by atoms with van der Waals surface area (Å²) in [6.45, 7) is 3.13. The molecule has 0 saturated carbocycles. The van der Waals surface area contributed by atoms with Gasteiger partial charge in [-0.1, -0.05) is 29.8 Å². The fourth-order valence-corrected chi connectivity index (χ4v) is 4.56. The summed E-state index contributed by atoms with van der Waals surface area (Å²) in [4.78, 5) is 0.314. The molecule has 134 valence electrons. The Hall–Kier alpha value is -1.92. The topological polar surface area (TPSA) is 46.6 Å². The van der Waals surface area contributed by atoms with Crippen molar-refractivity contribution < 1.29 is 17.5 Å². The highest BCUT2D eigenvalue weighted by Crippen LogP contribution is 2.25. The number of para-hydroxylation sites is 1. The van der Waals surface area contributed by atoms with Crippen LogP contribution in [0.15, 0.2) is 53.4 Å². The minimum Gasteiger partial charge on any atom is -0.490 e. The number of sulfonamides is 1. The van der Waals surface area contributed by atoms with Crippen molar-refractivity contribution in [2.24, 2.45) is 5.92 Å². The third-order valence-corrected chi connectivity index (χ3v) is 6.33. The lowest BCUT2D eigenvalue weighted by molar-refractivity contribution is 0.176. The van der Waals surface area contributed by atoms with E-state index in [1.165, 1.54) is 10.4 Å². The van der Waals surface area contributed by atoms with E-state index in [9.17, 15) is 12.8 Å². The first-order chi connectivity index (χ1) is 12.0. The molecule has 1 aliphatic heterocycles. The van der Waals surface area contributed by atoms with Crippen molar-refractivity contribution in [1.29, 1.82) is 0 Å². The fraction of sp³-hybridized carbons (Fsp3) is 0.368. The molecule has 1 aliphatic rings. The Kier molecular flexibility index (Phi) is 5.39. The summed E-state index contributed by atoms with van der Waals surface area (Å²) in [6.07, 6.45) is 1.64. The Morgan fingerprint density at radius 1 is 1.16 bits per heavy atom. The van der Waals surface area contributed by atoms with E-state index in [1.54, 1.807) is 42.5 Å². The van der Waals surface area contributed by atoms with E-state index in [0.717, 1.165) is 18.4 Å². The summed E-state index contributed by atoms with van der Waals surface area (Å²) in [5.74, 6) is -0.142. The molecular formula is C19H22FNO3S. The molecule has 1 saturated heterocycles. The fourth-order valence-electron chi connectivity index (χ4n) is 3.01. The standard InChI is InChI=1S/C19H22FNO3S/c1-15-8-10-17(11-9-15)25(22,23)21-12-4-5-16(13-21)14-24-19-7-3-2-6-18(19)20/h2-3,6-11,16H,4-5,12-14H2,1H3. The zero-order chi connectivity index (χ0) is 17.9. The average Bonchev–Trinajstić information content (AvgIpc) is 2.62. The van der Waals surface area contributed by atoms with Gasteiger partial charge in [-0.15, -0.1) is 0 Å². The van der Waals surface area contributed by atoms with E-state index in [2.05, 4.69) is 0 Å². The molecule has 25 heavy (non-hydrogen) atoms. The SMILES string of the molecule is Cc1ccc(S(=O)(=O)N2CCCC(COc3ccccc3F)C2)cc1. The maximum absolute atomic E-state index is 13.6. The van der Waals surface area contributed by atoms with Crippen LogP contribution in [-0.2, 0) is 10.0 Å². The van der Waals surface area contributed by atoms with E-state index in [1.807, 2.05) is 6.92 Å². The van der Waals surface area contributed by atoms with Crippen LogP contribution in [-0.4, -0.2) is 32.4 Å². The van der Waals surface area contributed by atoms with Crippen LogP contribution in [0.4, 0.5) is 4.39 Å². The molecule has 2 aromatic carbocycles. The number of piperidine rings is 1. The predicted molar refractivity (Wildman–Crippen MR) is 94.6 cm³/mol. The number of benzene rings is 2. The molecule has 0 aliphatic carbocycles. The summed E-state index contributed by atoms with van der Waals surface area (Å²) in [5, 5.41) is 0. The van der Waals surface area contributed by atoms with Crippen molar-refractivity contribution in [3.05, 3.63) is 59.9 Å². The minimum atomic E-state index is -3.50. The Morgan fingerprint density at radius 2 is 1.88 bits per heavy atom. The van der Waals surface area contributed by atoms with Crippen LogP contribution in [0.25, 0.3) is 0 Å². The smallest absolute Gasteiger partial charge is 0.243 e.